The molecule has 1 atom stereocenters. The van der Waals surface area contributed by atoms with Crippen LogP contribution in [0.1, 0.15) is 16.2 Å². The Bertz CT molecular complexity index is 1010. The molecular weight excluding hydrogens is 346 g/mol. The monoisotopic (exact) mass is 365 g/mol. The molecule has 1 aromatic heterocycles. The van der Waals surface area contributed by atoms with E-state index in [0.717, 1.165) is 22.5 Å². The highest BCUT2D eigenvalue weighted by atomic mass is 16.5. The van der Waals surface area contributed by atoms with Crippen molar-refractivity contribution in [3.05, 3.63) is 59.9 Å². The number of benzene rings is 2. The van der Waals surface area contributed by atoms with E-state index >= 15 is 0 Å². The largest absolute Gasteiger partial charge is 0.479 e. The molecule has 1 amide bonds. The summed E-state index contributed by atoms with van der Waals surface area (Å²) in [5, 5.41) is 9.12. The van der Waals surface area contributed by atoms with Gasteiger partial charge in [-0.3, -0.25) is 9.36 Å². The molecule has 1 fully saturated rings. The number of rotatable bonds is 3. The van der Waals surface area contributed by atoms with Crippen molar-refractivity contribution in [2.45, 2.75) is 13.0 Å². The topological polar surface area (TPSA) is 84.7 Å². The lowest BCUT2D eigenvalue weighted by Gasteiger charge is -2.30. The summed E-state index contributed by atoms with van der Waals surface area (Å²) in [6, 6.07) is 15.3. The molecule has 0 saturated carbocycles. The SMILES string of the molecule is Cc1nc2cc(C(=O)N3CCO[C@H](C(=O)O)C3)ccc2n1-c1ccccc1. The number of carbonyl (C=O) groups excluding carboxylic acids is 1. The van der Waals surface area contributed by atoms with Crippen LogP contribution in [0.4, 0.5) is 0 Å². The second-order valence-electron chi connectivity index (χ2n) is 6.48. The Balaban J connectivity index is 1.66. The zero-order valence-electron chi connectivity index (χ0n) is 14.8. The van der Waals surface area contributed by atoms with Crippen molar-refractivity contribution in [2.75, 3.05) is 19.7 Å². The third kappa shape index (κ3) is 3.17. The van der Waals surface area contributed by atoms with E-state index in [9.17, 15) is 9.59 Å². The van der Waals surface area contributed by atoms with Crippen LogP contribution in [0.2, 0.25) is 0 Å². The first-order chi connectivity index (χ1) is 13.0. The van der Waals surface area contributed by atoms with Gasteiger partial charge >= 0.3 is 5.97 Å². The predicted octanol–water partition coefficient (Wildman–Crippen LogP) is 2.26. The molecular formula is C20H19N3O4. The number of aryl methyl sites for hydroxylation is 1. The highest BCUT2D eigenvalue weighted by molar-refractivity contribution is 5.98. The van der Waals surface area contributed by atoms with Crippen LogP contribution in [0.3, 0.4) is 0 Å². The van der Waals surface area contributed by atoms with Crippen LogP contribution in [0.5, 0.6) is 0 Å². The first-order valence-electron chi connectivity index (χ1n) is 8.73. The van der Waals surface area contributed by atoms with Gasteiger partial charge < -0.3 is 14.7 Å². The molecule has 138 valence electrons. The maximum absolute atomic E-state index is 12.8. The summed E-state index contributed by atoms with van der Waals surface area (Å²) in [5.74, 6) is -0.434. The van der Waals surface area contributed by atoms with Gasteiger partial charge in [-0.2, -0.15) is 0 Å². The number of nitrogens with zero attached hydrogens (tertiary/aromatic N) is 3. The van der Waals surface area contributed by atoms with Gasteiger partial charge in [0.05, 0.1) is 24.2 Å². The molecule has 0 aliphatic carbocycles. The van der Waals surface area contributed by atoms with E-state index in [-0.39, 0.29) is 19.1 Å². The number of fused-ring (bicyclic) bond motifs is 1. The van der Waals surface area contributed by atoms with Crippen LogP contribution < -0.4 is 0 Å². The van der Waals surface area contributed by atoms with Crippen molar-refractivity contribution < 1.29 is 19.4 Å². The number of aromatic nitrogens is 2. The van der Waals surface area contributed by atoms with E-state index < -0.39 is 12.1 Å². The molecule has 3 aromatic rings. The van der Waals surface area contributed by atoms with Crippen LogP contribution in [-0.4, -0.2) is 57.2 Å². The fourth-order valence-electron chi connectivity index (χ4n) is 3.40. The number of carboxylic acids is 1. The number of morpholine rings is 1. The highest BCUT2D eigenvalue weighted by Gasteiger charge is 2.29. The van der Waals surface area contributed by atoms with Gasteiger partial charge in [0.25, 0.3) is 5.91 Å². The quantitative estimate of drug-likeness (QED) is 0.770. The van der Waals surface area contributed by atoms with Crippen molar-refractivity contribution >= 4 is 22.9 Å². The number of imidazole rings is 1. The number of amides is 1. The maximum atomic E-state index is 12.8. The number of hydrogen-bond donors (Lipinski definition) is 1. The Morgan fingerprint density at radius 1 is 1.19 bits per heavy atom. The Labute approximate surface area is 155 Å². The van der Waals surface area contributed by atoms with Gasteiger partial charge in [0.1, 0.15) is 5.82 Å². The molecule has 1 N–H and O–H groups in total. The van der Waals surface area contributed by atoms with Crippen molar-refractivity contribution in [2.24, 2.45) is 0 Å². The zero-order valence-corrected chi connectivity index (χ0v) is 14.8. The first kappa shape index (κ1) is 17.2. The minimum absolute atomic E-state index is 0.0453. The van der Waals surface area contributed by atoms with E-state index in [1.54, 1.807) is 12.1 Å². The Morgan fingerprint density at radius 3 is 2.70 bits per heavy atom. The smallest absolute Gasteiger partial charge is 0.334 e. The normalized spacial score (nSPS) is 17.2. The van der Waals surface area contributed by atoms with Crippen LogP contribution >= 0.6 is 0 Å². The van der Waals surface area contributed by atoms with Crippen molar-refractivity contribution in [3.63, 3.8) is 0 Å². The maximum Gasteiger partial charge on any atom is 0.334 e. The van der Waals surface area contributed by atoms with E-state index in [4.69, 9.17) is 9.84 Å². The standard InChI is InChI=1S/C20H19N3O4/c1-13-21-16-11-14(19(24)22-9-10-27-18(12-22)20(25)26)7-8-17(16)23(13)15-5-3-2-4-6-15/h2-8,11,18H,9-10,12H2,1H3,(H,25,26)/t18-/m0/s1. The van der Waals surface area contributed by atoms with Crippen LogP contribution in [0, 0.1) is 6.92 Å². The fourth-order valence-corrected chi connectivity index (χ4v) is 3.40. The lowest BCUT2D eigenvalue weighted by Crippen LogP contribution is -2.48. The van der Waals surface area contributed by atoms with Crippen molar-refractivity contribution in [1.82, 2.24) is 14.5 Å². The molecule has 1 aliphatic rings. The number of aliphatic carboxylic acids is 1. The summed E-state index contributed by atoms with van der Waals surface area (Å²) in [7, 11) is 0. The van der Waals surface area contributed by atoms with Gasteiger partial charge in [-0.25, -0.2) is 9.78 Å². The van der Waals surface area contributed by atoms with E-state index in [2.05, 4.69) is 4.98 Å². The number of carbonyl (C=O) groups is 2. The fraction of sp³-hybridized carbons (Fsp3) is 0.250. The van der Waals surface area contributed by atoms with Gasteiger partial charge in [-0.05, 0) is 37.3 Å². The number of para-hydroxylation sites is 1. The molecule has 27 heavy (non-hydrogen) atoms. The Morgan fingerprint density at radius 2 is 1.96 bits per heavy atom. The molecule has 2 heterocycles. The van der Waals surface area contributed by atoms with E-state index in [1.165, 1.54) is 4.90 Å². The summed E-state index contributed by atoms with van der Waals surface area (Å²) < 4.78 is 7.23. The summed E-state index contributed by atoms with van der Waals surface area (Å²) in [5.41, 5.74) is 3.14. The Hall–Kier alpha value is -3.19. The van der Waals surface area contributed by atoms with Crippen molar-refractivity contribution in [3.8, 4) is 5.69 Å². The van der Waals surface area contributed by atoms with Gasteiger partial charge in [0.15, 0.2) is 6.10 Å². The van der Waals surface area contributed by atoms with Crippen molar-refractivity contribution in [1.29, 1.82) is 0 Å². The summed E-state index contributed by atoms with van der Waals surface area (Å²) in [6.45, 7) is 2.56. The average molecular weight is 365 g/mol. The first-order valence-corrected chi connectivity index (χ1v) is 8.73. The third-order valence-corrected chi connectivity index (χ3v) is 4.71. The zero-order chi connectivity index (χ0) is 19.0. The average Bonchev–Trinajstić information content (AvgIpc) is 3.03. The van der Waals surface area contributed by atoms with Gasteiger partial charge in [-0.15, -0.1) is 0 Å². The minimum atomic E-state index is -1.06. The summed E-state index contributed by atoms with van der Waals surface area (Å²) in [4.78, 5) is 30.1. The van der Waals surface area contributed by atoms with Crippen LogP contribution in [-0.2, 0) is 9.53 Å². The lowest BCUT2D eigenvalue weighted by molar-refractivity contribution is -0.154. The summed E-state index contributed by atoms with van der Waals surface area (Å²) in [6.07, 6.45) is -0.981. The van der Waals surface area contributed by atoms with Gasteiger partial charge in [-0.1, -0.05) is 18.2 Å². The third-order valence-electron chi connectivity index (χ3n) is 4.71. The second kappa shape index (κ2) is 6.85. The number of carboxylic acid groups (broad SMARTS) is 1. The molecule has 7 heteroatoms. The number of ether oxygens (including phenoxy) is 1. The Kier molecular flexibility index (Phi) is 4.37. The minimum Gasteiger partial charge on any atom is -0.479 e. The molecule has 1 saturated heterocycles. The van der Waals surface area contributed by atoms with Crippen LogP contribution in [0.15, 0.2) is 48.5 Å². The molecule has 1 aliphatic heterocycles. The van der Waals surface area contributed by atoms with Gasteiger partial charge in [0, 0.05) is 17.8 Å². The highest BCUT2D eigenvalue weighted by Crippen LogP contribution is 2.23. The molecule has 0 spiro atoms. The second-order valence-corrected chi connectivity index (χ2v) is 6.48. The summed E-state index contributed by atoms with van der Waals surface area (Å²) >= 11 is 0. The van der Waals surface area contributed by atoms with Gasteiger partial charge in [0.2, 0.25) is 0 Å². The molecule has 4 rings (SSSR count). The molecule has 0 radical (unpaired) electrons. The predicted molar refractivity (Wildman–Crippen MR) is 99.1 cm³/mol. The lowest BCUT2D eigenvalue weighted by atomic mass is 10.1. The molecule has 7 nitrogen and oxygen atoms in total. The molecule has 2 aromatic carbocycles. The van der Waals surface area contributed by atoms with E-state index in [0.29, 0.717) is 12.1 Å². The molecule has 0 bridgehead atoms. The van der Waals surface area contributed by atoms with E-state index in [1.807, 2.05) is 47.9 Å². The number of hydrogen-bond acceptors (Lipinski definition) is 4. The molecule has 0 unspecified atom stereocenters. The van der Waals surface area contributed by atoms with Crippen LogP contribution in [0.25, 0.3) is 16.7 Å².